The lowest BCUT2D eigenvalue weighted by Gasteiger charge is -2.11. The molecule has 0 bridgehead atoms. The number of hydrogen-bond donors (Lipinski definition) is 1. The standard InChI is InChI=1S/C12H18BrNS/c1-8(2)14-7-9-6-12(9,3)10-4-5-11(13)15-10/h4-5,8-9,14H,6-7H2,1-3H3. The first-order valence-corrected chi connectivity index (χ1v) is 7.12. The molecule has 15 heavy (non-hydrogen) atoms. The van der Waals surface area contributed by atoms with Gasteiger partial charge in [-0.1, -0.05) is 20.8 Å². The largest absolute Gasteiger partial charge is 0.314 e. The molecule has 2 unspecified atom stereocenters. The van der Waals surface area contributed by atoms with Crippen molar-refractivity contribution in [1.29, 1.82) is 0 Å². The second-order valence-corrected chi connectivity index (χ2v) is 7.45. The topological polar surface area (TPSA) is 12.0 Å². The van der Waals surface area contributed by atoms with Crippen molar-refractivity contribution in [3.8, 4) is 0 Å². The Balaban J connectivity index is 1.95. The van der Waals surface area contributed by atoms with Gasteiger partial charge in [0.05, 0.1) is 3.79 Å². The van der Waals surface area contributed by atoms with Crippen molar-refractivity contribution in [1.82, 2.24) is 5.32 Å². The van der Waals surface area contributed by atoms with E-state index in [-0.39, 0.29) is 0 Å². The summed E-state index contributed by atoms with van der Waals surface area (Å²) < 4.78 is 1.25. The highest BCUT2D eigenvalue weighted by atomic mass is 79.9. The minimum Gasteiger partial charge on any atom is -0.314 e. The molecule has 1 fully saturated rings. The number of thiophene rings is 1. The first kappa shape index (κ1) is 11.6. The zero-order valence-corrected chi connectivity index (χ0v) is 11.9. The van der Waals surface area contributed by atoms with E-state index < -0.39 is 0 Å². The van der Waals surface area contributed by atoms with Crippen LogP contribution >= 0.6 is 27.3 Å². The average molecular weight is 288 g/mol. The van der Waals surface area contributed by atoms with Gasteiger partial charge in [0.15, 0.2) is 0 Å². The van der Waals surface area contributed by atoms with Crippen molar-refractivity contribution < 1.29 is 0 Å². The summed E-state index contributed by atoms with van der Waals surface area (Å²) in [6.45, 7) is 7.96. The Morgan fingerprint density at radius 3 is 2.87 bits per heavy atom. The SMILES string of the molecule is CC(C)NCC1CC1(C)c1ccc(Br)s1. The molecule has 0 aromatic carbocycles. The van der Waals surface area contributed by atoms with Gasteiger partial charge in [-0.15, -0.1) is 11.3 Å². The average Bonchev–Trinajstić information content (AvgIpc) is 2.60. The van der Waals surface area contributed by atoms with Gasteiger partial charge >= 0.3 is 0 Å². The van der Waals surface area contributed by atoms with Crippen LogP contribution in [0.1, 0.15) is 32.1 Å². The van der Waals surface area contributed by atoms with E-state index >= 15 is 0 Å². The summed E-state index contributed by atoms with van der Waals surface area (Å²) in [5.74, 6) is 0.824. The molecule has 1 aromatic heterocycles. The van der Waals surface area contributed by atoms with Crippen LogP contribution in [0, 0.1) is 5.92 Å². The Labute approximate surface area is 104 Å². The normalized spacial score (nSPS) is 29.8. The van der Waals surface area contributed by atoms with Gasteiger partial charge in [0.1, 0.15) is 0 Å². The minimum absolute atomic E-state index is 0.443. The highest BCUT2D eigenvalue weighted by Gasteiger charge is 2.51. The van der Waals surface area contributed by atoms with Gasteiger partial charge in [0.25, 0.3) is 0 Å². The van der Waals surface area contributed by atoms with Gasteiger partial charge in [-0.25, -0.2) is 0 Å². The minimum atomic E-state index is 0.443. The predicted molar refractivity (Wildman–Crippen MR) is 70.6 cm³/mol. The molecular weight excluding hydrogens is 270 g/mol. The van der Waals surface area contributed by atoms with E-state index in [0.29, 0.717) is 11.5 Å². The Morgan fingerprint density at radius 1 is 1.60 bits per heavy atom. The van der Waals surface area contributed by atoms with Gasteiger partial charge in [0.2, 0.25) is 0 Å². The summed E-state index contributed by atoms with van der Waals surface area (Å²) in [5.41, 5.74) is 0.443. The molecule has 3 heteroatoms. The molecule has 0 spiro atoms. The van der Waals surface area contributed by atoms with E-state index in [1.54, 1.807) is 0 Å². The van der Waals surface area contributed by atoms with Gasteiger partial charge < -0.3 is 5.32 Å². The van der Waals surface area contributed by atoms with E-state index in [1.165, 1.54) is 15.1 Å². The molecule has 1 nitrogen and oxygen atoms in total. The molecule has 1 heterocycles. The smallest absolute Gasteiger partial charge is 0.0701 e. The predicted octanol–water partition coefficient (Wildman–Crippen LogP) is 3.79. The number of hydrogen-bond acceptors (Lipinski definition) is 2. The molecule has 2 atom stereocenters. The van der Waals surface area contributed by atoms with Crippen LogP contribution in [0.4, 0.5) is 0 Å². The summed E-state index contributed by atoms with van der Waals surface area (Å²) in [6.07, 6.45) is 1.33. The van der Waals surface area contributed by atoms with E-state index in [9.17, 15) is 0 Å². The van der Waals surface area contributed by atoms with Gasteiger partial charge in [0, 0.05) is 16.3 Å². The summed E-state index contributed by atoms with van der Waals surface area (Å²) in [4.78, 5) is 1.53. The van der Waals surface area contributed by atoms with Crippen LogP contribution in [0.2, 0.25) is 0 Å². The highest BCUT2D eigenvalue weighted by molar-refractivity contribution is 9.11. The van der Waals surface area contributed by atoms with Crippen LogP contribution in [-0.2, 0) is 5.41 Å². The van der Waals surface area contributed by atoms with Gasteiger partial charge in [-0.3, -0.25) is 0 Å². The molecule has 1 aromatic rings. The zero-order valence-electron chi connectivity index (χ0n) is 9.51. The molecule has 1 saturated carbocycles. The fourth-order valence-electron chi connectivity index (χ4n) is 2.05. The number of nitrogens with one attached hydrogen (secondary N) is 1. The molecule has 1 N–H and O–H groups in total. The van der Waals surface area contributed by atoms with Crippen molar-refractivity contribution in [2.24, 2.45) is 5.92 Å². The van der Waals surface area contributed by atoms with E-state index in [1.807, 2.05) is 11.3 Å². The summed E-state index contributed by atoms with van der Waals surface area (Å²) in [7, 11) is 0. The highest BCUT2D eigenvalue weighted by Crippen LogP contribution is 2.55. The van der Waals surface area contributed by atoms with E-state index in [0.717, 1.165) is 12.5 Å². The maximum absolute atomic E-state index is 3.54. The third kappa shape index (κ3) is 2.45. The van der Waals surface area contributed by atoms with Crippen molar-refractivity contribution in [3.05, 3.63) is 20.8 Å². The van der Waals surface area contributed by atoms with Gasteiger partial charge in [-0.2, -0.15) is 0 Å². The molecule has 84 valence electrons. The van der Waals surface area contributed by atoms with Crippen LogP contribution < -0.4 is 5.32 Å². The lowest BCUT2D eigenvalue weighted by Crippen LogP contribution is -2.26. The Hall–Kier alpha value is 0.140. The third-order valence-corrected chi connectivity index (χ3v) is 5.22. The lowest BCUT2D eigenvalue weighted by atomic mass is 10.0. The molecule has 0 amide bonds. The zero-order chi connectivity index (χ0) is 11.1. The van der Waals surface area contributed by atoms with E-state index in [4.69, 9.17) is 0 Å². The quantitative estimate of drug-likeness (QED) is 0.889. The maximum Gasteiger partial charge on any atom is 0.0701 e. The first-order chi connectivity index (χ1) is 7.02. The van der Waals surface area contributed by atoms with Crippen molar-refractivity contribution >= 4 is 27.3 Å². The molecular formula is C12H18BrNS. The Morgan fingerprint density at radius 2 is 2.33 bits per heavy atom. The van der Waals surface area contributed by atoms with Crippen LogP contribution in [0.15, 0.2) is 15.9 Å². The molecule has 1 aliphatic carbocycles. The van der Waals surface area contributed by atoms with Crippen molar-refractivity contribution in [3.63, 3.8) is 0 Å². The van der Waals surface area contributed by atoms with Crippen LogP contribution in [0.5, 0.6) is 0 Å². The van der Waals surface area contributed by atoms with E-state index in [2.05, 4.69) is 54.2 Å². The van der Waals surface area contributed by atoms with Crippen LogP contribution in [0.3, 0.4) is 0 Å². The monoisotopic (exact) mass is 287 g/mol. The first-order valence-electron chi connectivity index (χ1n) is 5.51. The number of rotatable bonds is 4. The molecule has 1 aliphatic rings. The van der Waals surface area contributed by atoms with Crippen molar-refractivity contribution in [2.45, 2.75) is 38.6 Å². The van der Waals surface area contributed by atoms with Crippen LogP contribution in [-0.4, -0.2) is 12.6 Å². The molecule has 0 saturated heterocycles. The van der Waals surface area contributed by atoms with Gasteiger partial charge in [-0.05, 0) is 46.9 Å². The Bertz CT molecular complexity index is 347. The molecule has 0 radical (unpaired) electrons. The third-order valence-electron chi connectivity index (χ3n) is 3.32. The summed E-state index contributed by atoms with van der Waals surface area (Å²) in [5, 5.41) is 3.53. The Kier molecular flexibility index (Phi) is 3.25. The molecule has 0 aliphatic heterocycles. The number of halogens is 1. The summed E-state index contributed by atoms with van der Waals surface area (Å²) >= 11 is 5.42. The fourth-order valence-corrected chi connectivity index (χ4v) is 3.67. The maximum atomic E-state index is 3.54. The summed E-state index contributed by atoms with van der Waals surface area (Å²) in [6, 6.07) is 5.03. The van der Waals surface area contributed by atoms with Crippen LogP contribution in [0.25, 0.3) is 0 Å². The lowest BCUT2D eigenvalue weighted by molar-refractivity contribution is 0.530. The molecule has 2 rings (SSSR count). The fraction of sp³-hybridized carbons (Fsp3) is 0.667. The second kappa shape index (κ2) is 4.19. The second-order valence-electron chi connectivity index (χ2n) is 4.99. The van der Waals surface area contributed by atoms with Crippen molar-refractivity contribution in [2.75, 3.05) is 6.54 Å².